The number of anilines is 2. The fraction of sp³-hybridized carbons (Fsp3) is 0.692. The molecule has 1 aliphatic rings. The van der Waals surface area contributed by atoms with E-state index in [1.807, 2.05) is 13.1 Å². The maximum absolute atomic E-state index is 4.37. The molecule has 0 spiro atoms. The van der Waals surface area contributed by atoms with E-state index in [1.165, 1.54) is 19.3 Å². The first-order valence-corrected chi connectivity index (χ1v) is 6.81. The van der Waals surface area contributed by atoms with Crippen molar-refractivity contribution in [3.8, 4) is 0 Å². The normalized spacial score (nSPS) is 19.2. The maximum Gasteiger partial charge on any atom is 0.134 e. The molecule has 18 heavy (non-hydrogen) atoms. The van der Waals surface area contributed by atoms with Crippen LogP contribution in [0, 0.1) is 0 Å². The minimum absolute atomic E-state index is 0.580. The van der Waals surface area contributed by atoms with Gasteiger partial charge in [0.05, 0.1) is 0 Å². The predicted octanol–water partition coefficient (Wildman–Crippen LogP) is 1.49. The molecule has 0 radical (unpaired) electrons. The van der Waals surface area contributed by atoms with E-state index in [4.69, 9.17) is 0 Å². The SMILES string of the molecule is CCCCNc1cc(N2CC[C@@H](NC)C2)ncn1. The van der Waals surface area contributed by atoms with E-state index in [0.29, 0.717) is 6.04 Å². The monoisotopic (exact) mass is 249 g/mol. The summed E-state index contributed by atoms with van der Waals surface area (Å²) in [6.45, 7) is 5.26. The summed E-state index contributed by atoms with van der Waals surface area (Å²) in [7, 11) is 2.02. The Kier molecular flexibility index (Phi) is 4.75. The van der Waals surface area contributed by atoms with Crippen LogP contribution in [0.2, 0.25) is 0 Å². The third kappa shape index (κ3) is 3.32. The van der Waals surface area contributed by atoms with Crippen molar-refractivity contribution >= 4 is 11.6 Å². The Bertz CT molecular complexity index is 368. The molecule has 2 rings (SSSR count). The molecule has 0 unspecified atom stereocenters. The van der Waals surface area contributed by atoms with Crippen LogP contribution in [0.25, 0.3) is 0 Å². The maximum atomic E-state index is 4.37. The lowest BCUT2D eigenvalue weighted by atomic mass is 10.3. The van der Waals surface area contributed by atoms with Crippen LogP contribution in [0.4, 0.5) is 11.6 Å². The highest BCUT2D eigenvalue weighted by Crippen LogP contribution is 2.19. The van der Waals surface area contributed by atoms with Gasteiger partial charge in [0.15, 0.2) is 0 Å². The standard InChI is InChI=1S/C13H23N5/c1-3-4-6-15-12-8-13(17-10-16-12)18-7-5-11(9-18)14-2/h8,10-11,14H,3-7,9H2,1-2H3,(H,15,16,17)/t11-/m1/s1. The number of aromatic nitrogens is 2. The van der Waals surface area contributed by atoms with Crippen molar-refractivity contribution in [2.75, 3.05) is 36.9 Å². The average molecular weight is 249 g/mol. The first kappa shape index (κ1) is 13.1. The van der Waals surface area contributed by atoms with E-state index in [1.54, 1.807) is 6.33 Å². The van der Waals surface area contributed by atoms with Gasteiger partial charge in [0.2, 0.25) is 0 Å². The summed E-state index contributed by atoms with van der Waals surface area (Å²) in [6, 6.07) is 2.63. The molecule has 1 fully saturated rings. The molecule has 0 bridgehead atoms. The molecule has 0 saturated carbocycles. The van der Waals surface area contributed by atoms with E-state index < -0.39 is 0 Å². The van der Waals surface area contributed by atoms with Gasteiger partial charge in [0, 0.05) is 31.7 Å². The van der Waals surface area contributed by atoms with E-state index in [2.05, 4.69) is 32.4 Å². The lowest BCUT2D eigenvalue weighted by Crippen LogP contribution is -2.29. The molecule has 5 heteroatoms. The number of likely N-dealkylation sites (N-methyl/N-ethyl adjacent to an activating group) is 1. The van der Waals surface area contributed by atoms with Gasteiger partial charge in [0.25, 0.3) is 0 Å². The van der Waals surface area contributed by atoms with Crippen molar-refractivity contribution in [1.82, 2.24) is 15.3 Å². The number of nitrogens with one attached hydrogen (secondary N) is 2. The molecule has 5 nitrogen and oxygen atoms in total. The van der Waals surface area contributed by atoms with Crippen molar-refractivity contribution in [3.05, 3.63) is 12.4 Å². The molecule has 0 aromatic carbocycles. The minimum Gasteiger partial charge on any atom is -0.370 e. The quantitative estimate of drug-likeness (QED) is 0.748. The molecule has 100 valence electrons. The Hall–Kier alpha value is -1.36. The fourth-order valence-electron chi connectivity index (χ4n) is 2.21. The molecule has 1 aromatic rings. The summed E-state index contributed by atoms with van der Waals surface area (Å²) in [5.41, 5.74) is 0. The predicted molar refractivity (Wildman–Crippen MR) is 75.1 cm³/mol. The summed E-state index contributed by atoms with van der Waals surface area (Å²) >= 11 is 0. The van der Waals surface area contributed by atoms with Gasteiger partial charge in [-0.05, 0) is 19.9 Å². The molecule has 0 aliphatic carbocycles. The zero-order chi connectivity index (χ0) is 12.8. The lowest BCUT2D eigenvalue weighted by Gasteiger charge is -2.17. The number of hydrogen-bond acceptors (Lipinski definition) is 5. The Morgan fingerprint density at radius 1 is 1.44 bits per heavy atom. The number of hydrogen-bond donors (Lipinski definition) is 2. The van der Waals surface area contributed by atoms with Crippen LogP contribution in [0.1, 0.15) is 26.2 Å². The number of unbranched alkanes of at least 4 members (excludes halogenated alkanes) is 1. The fourth-order valence-corrected chi connectivity index (χ4v) is 2.21. The third-order valence-electron chi connectivity index (χ3n) is 3.41. The Morgan fingerprint density at radius 2 is 2.33 bits per heavy atom. The lowest BCUT2D eigenvalue weighted by molar-refractivity contribution is 0.616. The van der Waals surface area contributed by atoms with E-state index >= 15 is 0 Å². The Morgan fingerprint density at radius 3 is 3.06 bits per heavy atom. The van der Waals surface area contributed by atoms with Gasteiger partial charge in [0.1, 0.15) is 18.0 Å². The van der Waals surface area contributed by atoms with Crippen LogP contribution in [0.5, 0.6) is 0 Å². The molecular formula is C13H23N5. The van der Waals surface area contributed by atoms with Crippen LogP contribution in [0.15, 0.2) is 12.4 Å². The van der Waals surface area contributed by atoms with Crippen LogP contribution < -0.4 is 15.5 Å². The molecule has 2 heterocycles. The van der Waals surface area contributed by atoms with Crippen molar-refractivity contribution in [3.63, 3.8) is 0 Å². The van der Waals surface area contributed by atoms with E-state index in [0.717, 1.165) is 31.3 Å². The van der Waals surface area contributed by atoms with E-state index in [9.17, 15) is 0 Å². The largest absolute Gasteiger partial charge is 0.370 e. The van der Waals surface area contributed by atoms with Crippen LogP contribution >= 0.6 is 0 Å². The van der Waals surface area contributed by atoms with Gasteiger partial charge in [-0.15, -0.1) is 0 Å². The summed E-state index contributed by atoms with van der Waals surface area (Å²) in [5.74, 6) is 1.96. The molecule has 1 aromatic heterocycles. The smallest absolute Gasteiger partial charge is 0.134 e. The number of nitrogens with zero attached hydrogens (tertiary/aromatic N) is 3. The highest BCUT2D eigenvalue weighted by molar-refractivity contribution is 5.49. The molecule has 1 aliphatic heterocycles. The first-order chi connectivity index (χ1) is 8.83. The summed E-state index contributed by atoms with van der Waals surface area (Å²) in [4.78, 5) is 10.9. The van der Waals surface area contributed by atoms with Crippen molar-refractivity contribution in [1.29, 1.82) is 0 Å². The number of rotatable bonds is 6. The van der Waals surface area contributed by atoms with Crippen molar-refractivity contribution in [2.24, 2.45) is 0 Å². The Balaban J connectivity index is 1.94. The van der Waals surface area contributed by atoms with Gasteiger partial charge in [-0.2, -0.15) is 0 Å². The van der Waals surface area contributed by atoms with E-state index in [-0.39, 0.29) is 0 Å². The third-order valence-corrected chi connectivity index (χ3v) is 3.41. The summed E-state index contributed by atoms with van der Waals surface area (Å²) in [6.07, 6.45) is 5.20. The topological polar surface area (TPSA) is 53.1 Å². The minimum atomic E-state index is 0.580. The second-order valence-electron chi connectivity index (χ2n) is 4.76. The molecular weight excluding hydrogens is 226 g/mol. The molecule has 1 atom stereocenters. The highest BCUT2D eigenvalue weighted by atomic mass is 15.2. The highest BCUT2D eigenvalue weighted by Gasteiger charge is 2.22. The van der Waals surface area contributed by atoms with Crippen LogP contribution in [0.3, 0.4) is 0 Å². The Labute approximate surface area is 109 Å². The van der Waals surface area contributed by atoms with Gasteiger partial charge < -0.3 is 15.5 Å². The zero-order valence-electron chi connectivity index (χ0n) is 11.3. The molecule has 2 N–H and O–H groups in total. The molecule has 0 amide bonds. The van der Waals surface area contributed by atoms with Gasteiger partial charge >= 0.3 is 0 Å². The zero-order valence-corrected chi connectivity index (χ0v) is 11.3. The summed E-state index contributed by atoms with van der Waals surface area (Å²) < 4.78 is 0. The van der Waals surface area contributed by atoms with Crippen LogP contribution in [-0.2, 0) is 0 Å². The van der Waals surface area contributed by atoms with Crippen molar-refractivity contribution in [2.45, 2.75) is 32.2 Å². The van der Waals surface area contributed by atoms with Gasteiger partial charge in [-0.3, -0.25) is 0 Å². The van der Waals surface area contributed by atoms with Crippen molar-refractivity contribution < 1.29 is 0 Å². The first-order valence-electron chi connectivity index (χ1n) is 6.81. The molecule has 1 saturated heterocycles. The van der Waals surface area contributed by atoms with Gasteiger partial charge in [-0.1, -0.05) is 13.3 Å². The second kappa shape index (κ2) is 6.54. The average Bonchev–Trinajstić information content (AvgIpc) is 2.88. The summed E-state index contributed by atoms with van der Waals surface area (Å²) in [5, 5.41) is 6.66. The van der Waals surface area contributed by atoms with Crippen LogP contribution in [-0.4, -0.2) is 42.7 Å². The second-order valence-corrected chi connectivity index (χ2v) is 4.76. The van der Waals surface area contributed by atoms with Gasteiger partial charge in [-0.25, -0.2) is 9.97 Å².